The van der Waals surface area contributed by atoms with E-state index in [0.717, 1.165) is 12.1 Å². The second-order valence-electron chi connectivity index (χ2n) is 4.64. The van der Waals surface area contributed by atoms with Gasteiger partial charge in [-0.2, -0.15) is 0 Å². The molecule has 0 unspecified atom stereocenters. The summed E-state index contributed by atoms with van der Waals surface area (Å²) in [5.41, 5.74) is 1.06. The monoisotopic (exact) mass is 279 g/mol. The molecule has 0 saturated carbocycles. The number of rotatable bonds is 6. The molecule has 0 fully saturated rings. The second kappa shape index (κ2) is 8.16. The molecule has 1 rings (SSSR count). The molecule has 110 valence electrons. The lowest BCUT2D eigenvalue weighted by Crippen LogP contribution is -2.44. The van der Waals surface area contributed by atoms with E-state index in [9.17, 15) is 9.59 Å². The second-order valence-corrected chi connectivity index (χ2v) is 4.64. The van der Waals surface area contributed by atoms with Crippen LogP contribution in [0.15, 0.2) is 24.3 Å². The van der Waals surface area contributed by atoms with Crippen molar-refractivity contribution in [2.45, 2.75) is 26.4 Å². The zero-order valence-electron chi connectivity index (χ0n) is 12.0. The van der Waals surface area contributed by atoms with Crippen molar-refractivity contribution in [3.63, 3.8) is 0 Å². The molecule has 0 bridgehead atoms. The highest BCUT2D eigenvalue weighted by Gasteiger charge is 2.09. The molecule has 0 aliphatic carbocycles. The third kappa shape index (κ3) is 6.19. The Balaban J connectivity index is 2.40. The normalized spacial score (nSPS) is 10.2. The molecule has 0 aromatic heterocycles. The van der Waals surface area contributed by atoms with Crippen molar-refractivity contribution < 1.29 is 14.3 Å². The first-order valence-electron chi connectivity index (χ1n) is 6.48. The number of ether oxygens (including phenoxy) is 1. The Hall–Kier alpha value is -2.08. The van der Waals surface area contributed by atoms with Gasteiger partial charge in [0.15, 0.2) is 6.61 Å². The minimum atomic E-state index is -0.516. The van der Waals surface area contributed by atoms with Crippen LogP contribution >= 0.6 is 0 Å². The van der Waals surface area contributed by atoms with Gasteiger partial charge in [0, 0.05) is 12.6 Å². The van der Waals surface area contributed by atoms with Gasteiger partial charge in [-0.05, 0) is 38.6 Å². The molecule has 1 aromatic rings. The number of imide groups is 1. The summed E-state index contributed by atoms with van der Waals surface area (Å²) in [6.07, 6.45) is 0. The highest BCUT2D eigenvalue weighted by atomic mass is 16.5. The number of nitrogens with one attached hydrogen (secondary N) is 3. The summed E-state index contributed by atoms with van der Waals surface area (Å²) >= 11 is 0. The highest BCUT2D eigenvalue weighted by Crippen LogP contribution is 2.12. The van der Waals surface area contributed by atoms with Crippen molar-refractivity contribution in [3.8, 4) is 5.75 Å². The summed E-state index contributed by atoms with van der Waals surface area (Å²) in [5, 5.41) is 7.79. The van der Waals surface area contributed by atoms with Gasteiger partial charge in [0.25, 0.3) is 5.91 Å². The van der Waals surface area contributed by atoms with E-state index in [-0.39, 0.29) is 12.6 Å². The number of hydrogen-bond donors (Lipinski definition) is 3. The number of hydrogen-bond acceptors (Lipinski definition) is 4. The molecule has 1 aromatic carbocycles. The Bertz CT molecular complexity index is 461. The topological polar surface area (TPSA) is 79.5 Å². The Kier molecular flexibility index (Phi) is 6.52. The SMILES string of the molecule is CNCc1cccc(OCC(=O)NC(=O)NC(C)C)c1. The fourth-order valence-corrected chi connectivity index (χ4v) is 1.56. The average Bonchev–Trinajstić information content (AvgIpc) is 2.36. The van der Waals surface area contributed by atoms with E-state index in [0.29, 0.717) is 5.75 Å². The fourth-order valence-electron chi connectivity index (χ4n) is 1.56. The summed E-state index contributed by atoms with van der Waals surface area (Å²) in [4.78, 5) is 22.8. The van der Waals surface area contributed by atoms with Crippen LogP contribution in [0.3, 0.4) is 0 Å². The molecule has 6 nitrogen and oxygen atoms in total. The number of urea groups is 1. The zero-order valence-corrected chi connectivity index (χ0v) is 12.0. The summed E-state index contributed by atoms with van der Waals surface area (Å²) in [6.45, 7) is 4.15. The number of carbonyl (C=O) groups is 2. The van der Waals surface area contributed by atoms with Gasteiger partial charge < -0.3 is 15.4 Å². The molecule has 20 heavy (non-hydrogen) atoms. The number of carbonyl (C=O) groups excluding carboxylic acids is 2. The summed E-state index contributed by atoms with van der Waals surface area (Å²) in [6, 6.07) is 6.88. The fraction of sp³-hybridized carbons (Fsp3) is 0.429. The van der Waals surface area contributed by atoms with E-state index in [1.165, 1.54) is 0 Å². The molecule has 3 amide bonds. The van der Waals surface area contributed by atoms with Crippen molar-refractivity contribution in [1.29, 1.82) is 0 Å². The minimum Gasteiger partial charge on any atom is -0.484 e. The zero-order chi connectivity index (χ0) is 15.0. The van der Waals surface area contributed by atoms with E-state index in [1.807, 2.05) is 39.1 Å². The lowest BCUT2D eigenvalue weighted by Gasteiger charge is -2.10. The quantitative estimate of drug-likeness (QED) is 0.726. The summed E-state index contributed by atoms with van der Waals surface area (Å²) in [7, 11) is 1.86. The Morgan fingerprint density at radius 3 is 2.70 bits per heavy atom. The van der Waals surface area contributed by atoms with Crippen molar-refractivity contribution in [2.24, 2.45) is 0 Å². The molecule has 0 heterocycles. The number of benzene rings is 1. The van der Waals surface area contributed by atoms with Crippen LogP contribution in [-0.4, -0.2) is 31.6 Å². The van der Waals surface area contributed by atoms with Gasteiger partial charge in [-0.1, -0.05) is 12.1 Å². The van der Waals surface area contributed by atoms with Gasteiger partial charge >= 0.3 is 6.03 Å². The molecular formula is C14H21N3O3. The average molecular weight is 279 g/mol. The van der Waals surface area contributed by atoms with Crippen LogP contribution < -0.4 is 20.7 Å². The third-order valence-corrected chi connectivity index (χ3v) is 2.32. The van der Waals surface area contributed by atoms with Crippen LogP contribution in [0, 0.1) is 0 Å². The predicted octanol–water partition coefficient (Wildman–Crippen LogP) is 1.02. The standard InChI is InChI=1S/C14H21N3O3/c1-10(2)16-14(19)17-13(18)9-20-12-6-4-5-11(7-12)8-15-3/h4-7,10,15H,8-9H2,1-3H3,(H2,16,17,18,19). The van der Waals surface area contributed by atoms with Crippen LogP contribution in [0.1, 0.15) is 19.4 Å². The van der Waals surface area contributed by atoms with Gasteiger partial charge in [-0.25, -0.2) is 4.79 Å². The van der Waals surface area contributed by atoms with Crippen LogP contribution in [-0.2, 0) is 11.3 Å². The molecule has 0 atom stereocenters. The molecule has 0 aliphatic rings. The molecule has 0 saturated heterocycles. The molecule has 6 heteroatoms. The van der Waals surface area contributed by atoms with Crippen LogP contribution in [0.25, 0.3) is 0 Å². The maximum atomic E-state index is 11.5. The van der Waals surface area contributed by atoms with Crippen molar-refractivity contribution in [2.75, 3.05) is 13.7 Å². The van der Waals surface area contributed by atoms with Crippen LogP contribution in [0.4, 0.5) is 4.79 Å². The number of amides is 3. The maximum Gasteiger partial charge on any atom is 0.321 e. The van der Waals surface area contributed by atoms with Gasteiger partial charge in [0.2, 0.25) is 0 Å². The van der Waals surface area contributed by atoms with Crippen molar-refractivity contribution in [1.82, 2.24) is 16.0 Å². The Morgan fingerprint density at radius 2 is 2.05 bits per heavy atom. The maximum absolute atomic E-state index is 11.5. The van der Waals surface area contributed by atoms with Gasteiger partial charge in [0.1, 0.15) is 5.75 Å². The largest absolute Gasteiger partial charge is 0.484 e. The molecule has 0 aliphatic heterocycles. The Labute approximate surface area is 118 Å². The smallest absolute Gasteiger partial charge is 0.321 e. The Morgan fingerprint density at radius 1 is 1.30 bits per heavy atom. The molecule has 0 spiro atoms. The van der Waals surface area contributed by atoms with Crippen molar-refractivity contribution in [3.05, 3.63) is 29.8 Å². The van der Waals surface area contributed by atoms with E-state index in [1.54, 1.807) is 6.07 Å². The highest BCUT2D eigenvalue weighted by molar-refractivity contribution is 5.95. The van der Waals surface area contributed by atoms with Crippen LogP contribution in [0.2, 0.25) is 0 Å². The lowest BCUT2D eigenvalue weighted by molar-refractivity contribution is -0.122. The predicted molar refractivity (Wildman–Crippen MR) is 76.5 cm³/mol. The van der Waals surface area contributed by atoms with E-state index in [2.05, 4.69) is 16.0 Å². The molecule has 0 radical (unpaired) electrons. The van der Waals surface area contributed by atoms with Crippen molar-refractivity contribution >= 4 is 11.9 Å². The lowest BCUT2D eigenvalue weighted by atomic mass is 10.2. The first-order valence-corrected chi connectivity index (χ1v) is 6.48. The van der Waals surface area contributed by atoms with Crippen LogP contribution in [0.5, 0.6) is 5.75 Å². The van der Waals surface area contributed by atoms with Gasteiger partial charge in [-0.15, -0.1) is 0 Å². The van der Waals surface area contributed by atoms with E-state index >= 15 is 0 Å². The first-order chi connectivity index (χ1) is 9.51. The molecule has 3 N–H and O–H groups in total. The van der Waals surface area contributed by atoms with Gasteiger partial charge in [0.05, 0.1) is 0 Å². The van der Waals surface area contributed by atoms with Gasteiger partial charge in [-0.3, -0.25) is 10.1 Å². The first kappa shape index (κ1) is 16.0. The van der Waals surface area contributed by atoms with E-state index < -0.39 is 11.9 Å². The summed E-state index contributed by atoms with van der Waals surface area (Å²) < 4.78 is 5.34. The minimum absolute atomic E-state index is 0.0260. The third-order valence-electron chi connectivity index (χ3n) is 2.32. The van der Waals surface area contributed by atoms with E-state index in [4.69, 9.17) is 4.74 Å². The molecular weight excluding hydrogens is 258 g/mol. The summed E-state index contributed by atoms with van der Waals surface area (Å²) in [5.74, 6) is 0.110.